The minimum absolute atomic E-state index is 0.196. The average molecular weight is 334 g/mol. The Morgan fingerprint density at radius 3 is 2.96 bits per heavy atom. The lowest BCUT2D eigenvalue weighted by Crippen LogP contribution is -2.39. The number of amides is 2. The van der Waals surface area contributed by atoms with Gasteiger partial charge in [-0.25, -0.2) is 4.79 Å². The zero-order valence-corrected chi connectivity index (χ0v) is 13.8. The van der Waals surface area contributed by atoms with Crippen LogP contribution < -0.4 is 10.6 Å². The average Bonchev–Trinajstić information content (AvgIpc) is 3.28. The highest BCUT2D eigenvalue weighted by atomic mass is 32.1. The molecular weight excluding hydrogens is 312 g/mol. The number of ether oxygens (including phenoxy) is 1. The zero-order chi connectivity index (χ0) is 16.1. The van der Waals surface area contributed by atoms with Crippen LogP contribution in [0.1, 0.15) is 23.8 Å². The van der Waals surface area contributed by atoms with E-state index in [1.54, 1.807) is 11.3 Å². The van der Waals surface area contributed by atoms with Crippen molar-refractivity contribution in [3.8, 4) is 0 Å². The monoisotopic (exact) mass is 334 g/mol. The van der Waals surface area contributed by atoms with Crippen LogP contribution in [0.4, 0.5) is 4.79 Å². The molecule has 1 heterocycles. The third-order valence-electron chi connectivity index (χ3n) is 3.81. The number of fused-ring (bicyclic) bond motifs is 1. The van der Waals surface area contributed by atoms with Gasteiger partial charge >= 0.3 is 6.03 Å². The lowest BCUT2D eigenvalue weighted by molar-refractivity contribution is 0.126. The van der Waals surface area contributed by atoms with Gasteiger partial charge in [-0.05, 0) is 36.3 Å². The molecule has 1 aliphatic carbocycles. The van der Waals surface area contributed by atoms with Crippen molar-refractivity contribution < 1.29 is 14.6 Å². The van der Waals surface area contributed by atoms with E-state index >= 15 is 0 Å². The van der Waals surface area contributed by atoms with Crippen LogP contribution in [0.25, 0.3) is 10.1 Å². The second-order valence-electron chi connectivity index (χ2n) is 5.86. The van der Waals surface area contributed by atoms with Crippen molar-refractivity contribution in [2.24, 2.45) is 5.92 Å². The van der Waals surface area contributed by atoms with Crippen LogP contribution in [-0.2, 0) is 4.74 Å². The van der Waals surface area contributed by atoms with E-state index in [0.717, 1.165) is 27.5 Å². The molecule has 1 aromatic carbocycles. The Morgan fingerprint density at radius 1 is 1.35 bits per heavy atom. The molecule has 0 radical (unpaired) electrons. The number of hydrogen-bond donors (Lipinski definition) is 3. The van der Waals surface area contributed by atoms with Crippen LogP contribution in [0.5, 0.6) is 0 Å². The Hall–Kier alpha value is -1.63. The van der Waals surface area contributed by atoms with E-state index in [9.17, 15) is 9.90 Å². The van der Waals surface area contributed by atoms with Gasteiger partial charge in [0.25, 0.3) is 0 Å². The molecule has 1 saturated carbocycles. The maximum Gasteiger partial charge on any atom is 0.314 e. The predicted molar refractivity (Wildman–Crippen MR) is 91.7 cm³/mol. The van der Waals surface area contributed by atoms with Gasteiger partial charge in [-0.3, -0.25) is 0 Å². The second-order valence-corrected chi connectivity index (χ2v) is 6.97. The summed E-state index contributed by atoms with van der Waals surface area (Å²) in [6, 6.07) is 9.69. The van der Waals surface area contributed by atoms with Crippen molar-refractivity contribution in [2.45, 2.75) is 18.9 Å². The van der Waals surface area contributed by atoms with Gasteiger partial charge in [0, 0.05) is 22.7 Å². The summed E-state index contributed by atoms with van der Waals surface area (Å²) in [6.07, 6.45) is 1.84. The van der Waals surface area contributed by atoms with E-state index in [1.165, 1.54) is 12.8 Å². The Bertz CT molecular complexity index is 621. The molecule has 124 valence electrons. The standard InChI is InChI=1S/C17H22N2O3S/c20-14(16-9-13-3-1-2-4-15(13)23-16)10-19-17(21)18-7-8-22-11-12-5-6-12/h1-4,9,12,14,20H,5-8,10-11H2,(H2,18,19,21). The molecule has 1 aromatic heterocycles. The van der Waals surface area contributed by atoms with E-state index in [1.807, 2.05) is 30.3 Å². The minimum Gasteiger partial charge on any atom is -0.386 e. The summed E-state index contributed by atoms with van der Waals surface area (Å²) in [5, 5.41) is 16.7. The van der Waals surface area contributed by atoms with Crippen LogP contribution in [0, 0.1) is 5.92 Å². The predicted octanol–water partition coefficient (Wildman–Crippen LogP) is 2.66. The number of aliphatic hydroxyl groups is 1. The van der Waals surface area contributed by atoms with E-state index in [2.05, 4.69) is 10.6 Å². The fourth-order valence-electron chi connectivity index (χ4n) is 2.29. The number of benzene rings is 1. The Kier molecular flexibility index (Phi) is 5.48. The first kappa shape index (κ1) is 16.2. The molecule has 0 spiro atoms. The van der Waals surface area contributed by atoms with Crippen LogP contribution in [-0.4, -0.2) is 37.4 Å². The topological polar surface area (TPSA) is 70.6 Å². The summed E-state index contributed by atoms with van der Waals surface area (Å²) in [5.74, 6) is 0.736. The van der Waals surface area contributed by atoms with Crippen LogP contribution in [0.3, 0.4) is 0 Å². The molecule has 2 aromatic rings. The highest BCUT2D eigenvalue weighted by molar-refractivity contribution is 7.19. The molecule has 0 saturated heterocycles. The lowest BCUT2D eigenvalue weighted by atomic mass is 10.2. The first-order chi connectivity index (χ1) is 11.2. The van der Waals surface area contributed by atoms with E-state index < -0.39 is 6.10 Å². The zero-order valence-electron chi connectivity index (χ0n) is 13.0. The summed E-state index contributed by atoms with van der Waals surface area (Å²) in [5.41, 5.74) is 0. The fourth-order valence-corrected chi connectivity index (χ4v) is 3.34. The second kappa shape index (κ2) is 7.77. The van der Waals surface area contributed by atoms with E-state index in [0.29, 0.717) is 13.2 Å². The Morgan fingerprint density at radius 2 is 2.17 bits per heavy atom. The summed E-state index contributed by atoms with van der Waals surface area (Å²) in [4.78, 5) is 12.5. The van der Waals surface area contributed by atoms with E-state index in [4.69, 9.17) is 4.74 Å². The number of urea groups is 1. The van der Waals surface area contributed by atoms with Crippen LogP contribution in [0.15, 0.2) is 30.3 Å². The maximum atomic E-state index is 11.7. The summed E-state index contributed by atoms with van der Waals surface area (Å²) in [7, 11) is 0. The van der Waals surface area contributed by atoms with Gasteiger partial charge in [0.2, 0.25) is 0 Å². The molecular formula is C17H22N2O3S. The Labute approximate surface area is 139 Å². The van der Waals surface area contributed by atoms with Gasteiger partial charge in [0.05, 0.1) is 13.2 Å². The number of rotatable bonds is 8. The summed E-state index contributed by atoms with van der Waals surface area (Å²) in [6.45, 7) is 2.01. The molecule has 5 nitrogen and oxygen atoms in total. The summed E-state index contributed by atoms with van der Waals surface area (Å²) >= 11 is 1.55. The van der Waals surface area contributed by atoms with Gasteiger partial charge < -0.3 is 20.5 Å². The number of aliphatic hydroxyl groups excluding tert-OH is 1. The molecule has 0 bridgehead atoms. The van der Waals surface area contributed by atoms with Crippen molar-refractivity contribution >= 4 is 27.5 Å². The van der Waals surface area contributed by atoms with Gasteiger partial charge in [0.1, 0.15) is 6.10 Å². The smallest absolute Gasteiger partial charge is 0.314 e. The quantitative estimate of drug-likeness (QED) is 0.650. The summed E-state index contributed by atoms with van der Waals surface area (Å²) < 4.78 is 6.58. The number of carbonyl (C=O) groups is 1. The van der Waals surface area contributed by atoms with Gasteiger partial charge in [-0.1, -0.05) is 18.2 Å². The first-order valence-electron chi connectivity index (χ1n) is 7.98. The van der Waals surface area contributed by atoms with Crippen molar-refractivity contribution in [3.05, 3.63) is 35.2 Å². The number of thiophene rings is 1. The van der Waals surface area contributed by atoms with E-state index in [-0.39, 0.29) is 12.6 Å². The fraction of sp³-hybridized carbons (Fsp3) is 0.471. The molecule has 23 heavy (non-hydrogen) atoms. The maximum absolute atomic E-state index is 11.7. The molecule has 1 fully saturated rings. The largest absolute Gasteiger partial charge is 0.386 e. The van der Waals surface area contributed by atoms with Crippen LogP contribution >= 0.6 is 11.3 Å². The molecule has 3 N–H and O–H groups in total. The molecule has 1 atom stereocenters. The highest BCUT2D eigenvalue weighted by Gasteiger charge is 2.20. The first-order valence-corrected chi connectivity index (χ1v) is 8.80. The normalized spacial score (nSPS) is 15.5. The third-order valence-corrected chi connectivity index (χ3v) is 5.03. The number of hydrogen-bond acceptors (Lipinski definition) is 4. The van der Waals surface area contributed by atoms with Crippen molar-refractivity contribution in [1.82, 2.24) is 10.6 Å². The number of carbonyl (C=O) groups excluding carboxylic acids is 1. The molecule has 2 amide bonds. The minimum atomic E-state index is -0.690. The highest BCUT2D eigenvalue weighted by Crippen LogP contribution is 2.29. The van der Waals surface area contributed by atoms with Gasteiger partial charge in [0.15, 0.2) is 0 Å². The van der Waals surface area contributed by atoms with Gasteiger partial charge in [-0.15, -0.1) is 11.3 Å². The lowest BCUT2D eigenvalue weighted by Gasteiger charge is -2.11. The third kappa shape index (κ3) is 4.92. The molecule has 1 unspecified atom stereocenters. The molecule has 1 aliphatic rings. The molecule has 0 aliphatic heterocycles. The SMILES string of the molecule is O=C(NCCOCC1CC1)NCC(O)c1cc2ccccc2s1. The Balaban J connectivity index is 1.35. The van der Waals surface area contributed by atoms with Crippen LogP contribution in [0.2, 0.25) is 0 Å². The number of nitrogens with one attached hydrogen (secondary N) is 2. The van der Waals surface area contributed by atoms with Crippen molar-refractivity contribution in [2.75, 3.05) is 26.3 Å². The van der Waals surface area contributed by atoms with Crippen molar-refractivity contribution in [3.63, 3.8) is 0 Å². The molecule has 6 heteroatoms. The van der Waals surface area contributed by atoms with Crippen molar-refractivity contribution in [1.29, 1.82) is 0 Å². The van der Waals surface area contributed by atoms with Gasteiger partial charge in [-0.2, -0.15) is 0 Å². The molecule has 3 rings (SSSR count).